The Hall–Kier alpha value is -2.39. The van der Waals surface area contributed by atoms with E-state index < -0.39 is 0 Å². The first-order valence-corrected chi connectivity index (χ1v) is 9.37. The summed E-state index contributed by atoms with van der Waals surface area (Å²) in [6.45, 7) is 3.06. The van der Waals surface area contributed by atoms with Crippen LogP contribution < -0.4 is 4.74 Å². The zero-order valence-electron chi connectivity index (χ0n) is 14.8. The predicted octanol–water partition coefficient (Wildman–Crippen LogP) is 1.64. The summed E-state index contributed by atoms with van der Waals surface area (Å²) in [6, 6.07) is 7.71. The van der Waals surface area contributed by atoms with Crippen molar-refractivity contribution in [2.45, 2.75) is 31.7 Å². The lowest BCUT2D eigenvalue weighted by Gasteiger charge is -2.34. The third kappa shape index (κ3) is 3.08. The summed E-state index contributed by atoms with van der Waals surface area (Å²) in [4.78, 5) is 29.1. The molecule has 1 amide bonds. The van der Waals surface area contributed by atoms with Gasteiger partial charge in [0.2, 0.25) is 5.91 Å². The molecule has 0 spiro atoms. The lowest BCUT2D eigenvalue weighted by molar-refractivity contribution is -0.132. The summed E-state index contributed by atoms with van der Waals surface area (Å²) >= 11 is 0. The number of carbonyl (C=O) groups is 2. The van der Waals surface area contributed by atoms with Crippen molar-refractivity contribution in [2.75, 3.05) is 32.8 Å². The van der Waals surface area contributed by atoms with Gasteiger partial charge in [-0.15, -0.1) is 0 Å². The van der Waals surface area contributed by atoms with Crippen LogP contribution in [0.15, 0.2) is 18.2 Å². The second-order valence-electron chi connectivity index (χ2n) is 7.32. The Morgan fingerprint density at radius 3 is 2.81 bits per heavy atom. The maximum atomic E-state index is 12.9. The van der Waals surface area contributed by atoms with Crippen LogP contribution in [-0.2, 0) is 11.2 Å². The number of benzene rings is 1. The van der Waals surface area contributed by atoms with Gasteiger partial charge in [0.15, 0.2) is 5.78 Å². The number of amides is 1. The van der Waals surface area contributed by atoms with Gasteiger partial charge in [0.25, 0.3) is 0 Å². The molecule has 1 aromatic carbocycles. The van der Waals surface area contributed by atoms with E-state index in [2.05, 4.69) is 11.0 Å². The molecule has 3 heterocycles. The number of ketones is 1. The predicted molar refractivity (Wildman–Crippen MR) is 94.9 cm³/mol. The first-order chi connectivity index (χ1) is 12.7. The molecular formula is C20H23N3O3. The van der Waals surface area contributed by atoms with Gasteiger partial charge in [-0.2, -0.15) is 5.26 Å². The SMILES string of the molecule is N#CCN1CCC(N2CCC(C(=O)c3ccc4c(c3)CCO4)CC2)C1=O. The zero-order valence-corrected chi connectivity index (χ0v) is 14.8. The second-order valence-corrected chi connectivity index (χ2v) is 7.32. The number of nitriles is 1. The molecule has 3 aliphatic rings. The van der Waals surface area contributed by atoms with Crippen LogP contribution in [0.4, 0.5) is 0 Å². The van der Waals surface area contributed by atoms with Crippen molar-refractivity contribution in [3.63, 3.8) is 0 Å². The lowest BCUT2D eigenvalue weighted by Crippen LogP contribution is -2.46. The van der Waals surface area contributed by atoms with E-state index in [1.165, 1.54) is 0 Å². The zero-order chi connectivity index (χ0) is 18.1. The number of fused-ring (bicyclic) bond motifs is 1. The summed E-state index contributed by atoms with van der Waals surface area (Å²) in [5.41, 5.74) is 1.91. The van der Waals surface area contributed by atoms with E-state index in [0.717, 1.165) is 55.6 Å². The second kappa shape index (κ2) is 7.08. The number of Topliss-reactive ketones (excluding diaryl/α,β-unsaturated/α-hetero) is 1. The van der Waals surface area contributed by atoms with E-state index in [1.54, 1.807) is 4.90 Å². The molecule has 0 radical (unpaired) electrons. The van der Waals surface area contributed by atoms with Crippen LogP contribution in [-0.4, -0.2) is 60.3 Å². The number of hydrogen-bond acceptors (Lipinski definition) is 5. The Morgan fingerprint density at radius 2 is 2.04 bits per heavy atom. The number of piperidine rings is 1. The number of carbonyl (C=O) groups excluding carboxylic acids is 2. The molecule has 4 rings (SSSR count). The van der Waals surface area contributed by atoms with Gasteiger partial charge in [0, 0.05) is 24.4 Å². The van der Waals surface area contributed by atoms with E-state index in [-0.39, 0.29) is 30.2 Å². The van der Waals surface area contributed by atoms with E-state index in [0.29, 0.717) is 13.2 Å². The van der Waals surface area contributed by atoms with Crippen LogP contribution in [0.5, 0.6) is 5.75 Å². The number of hydrogen-bond donors (Lipinski definition) is 0. The minimum atomic E-state index is -0.114. The highest BCUT2D eigenvalue weighted by molar-refractivity contribution is 5.98. The minimum absolute atomic E-state index is 0.0262. The van der Waals surface area contributed by atoms with Gasteiger partial charge >= 0.3 is 0 Å². The molecule has 2 fully saturated rings. The summed E-state index contributed by atoms with van der Waals surface area (Å²) in [7, 11) is 0. The maximum absolute atomic E-state index is 12.9. The summed E-state index contributed by atoms with van der Waals surface area (Å²) in [5.74, 6) is 1.20. The molecule has 6 heteroatoms. The molecule has 1 atom stereocenters. The molecule has 0 aromatic heterocycles. The molecule has 0 bridgehead atoms. The standard InChI is InChI=1S/C20H23N3O3/c21-7-11-23-10-5-17(20(23)25)22-8-3-14(4-9-22)19(24)16-1-2-18-15(13-16)6-12-26-18/h1-2,13-14,17H,3-6,8-12H2. The van der Waals surface area contributed by atoms with E-state index >= 15 is 0 Å². The van der Waals surface area contributed by atoms with E-state index in [4.69, 9.17) is 10.00 Å². The number of rotatable bonds is 4. The van der Waals surface area contributed by atoms with Crippen molar-refractivity contribution in [1.29, 1.82) is 5.26 Å². The van der Waals surface area contributed by atoms with E-state index in [9.17, 15) is 9.59 Å². The van der Waals surface area contributed by atoms with Crippen molar-refractivity contribution >= 4 is 11.7 Å². The molecule has 0 aliphatic carbocycles. The van der Waals surface area contributed by atoms with Crippen LogP contribution in [0, 0.1) is 17.2 Å². The average Bonchev–Trinajstić information content (AvgIpc) is 3.28. The van der Waals surface area contributed by atoms with Gasteiger partial charge in [-0.05, 0) is 56.1 Å². The topological polar surface area (TPSA) is 73.6 Å². The van der Waals surface area contributed by atoms with Crippen molar-refractivity contribution in [3.05, 3.63) is 29.3 Å². The average molecular weight is 353 g/mol. The summed E-state index contributed by atoms with van der Waals surface area (Å²) in [5, 5.41) is 8.80. The highest BCUT2D eigenvalue weighted by Gasteiger charge is 2.38. The lowest BCUT2D eigenvalue weighted by atomic mass is 9.87. The Morgan fingerprint density at radius 1 is 1.23 bits per heavy atom. The first kappa shape index (κ1) is 17.0. The molecule has 136 valence electrons. The van der Waals surface area contributed by atoms with Crippen LogP contribution in [0.2, 0.25) is 0 Å². The highest BCUT2D eigenvalue weighted by atomic mass is 16.5. The number of nitrogens with zero attached hydrogens (tertiary/aromatic N) is 3. The van der Waals surface area contributed by atoms with E-state index in [1.807, 2.05) is 18.2 Å². The molecule has 1 aromatic rings. The van der Waals surface area contributed by atoms with Crippen LogP contribution in [0.25, 0.3) is 0 Å². The Labute approximate surface area is 153 Å². The fourth-order valence-corrected chi connectivity index (χ4v) is 4.35. The molecular weight excluding hydrogens is 330 g/mol. The van der Waals surface area contributed by atoms with Crippen LogP contribution in [0.1, 0.15) is 35.2 Å². The van der Waals surface area contributed by atoms with Gasteiger partial charge in [-0.1, -0.05) is 0 Å². The molecule has 6 nitrogen and oxygen atoms in total. The fraction of sp³-hybridized carbons (Fsp3) is 0.550. The Kier molecular flexibility index (Phi) is 4.64. The first-order valence-electron chi connectivity index (χ1n) is 9.37. The third-order valence-corrected chi connectivity index (χ3v) is 5.85. The van der Waals surface area contributed by atoms with Gasteiger partial charge in [0.05, 0.1) is 18.7 Å². The fourth-order valence-electron chi connectivity index (χ4n) is 4.35. The highest BCUT2D eigenvalue weighted by Crippen LogP contribution is 2.30. The molecule has 26 heavy (non-hydrogen) atoms. The normalized spacial score (nSPS) is 23.6. The largest absolute Gasteiger partial charge is 0.493 e. The van der Waals surface area contributed by atoms with Crippen molar-refractivity contribution in [3.8, 4) is 11.8 Å². The third-order valence-electron chi connectivity index (χ3n) is 5.85. The number of likely N-dealkylation sites (tertiary alicyclic amines) is 2. The van der Waals surface area contributed by atoms with Crippen LogP contribution in [0.3, 0.4) is 0 Å². The monoisotopic (exact) mass is 353 g/mol. The summed E-state index contributed by atoms with van der Waals surface area (Å²) in [6.07, 6.45) is 3.23. The number of ether oxygens (including phenoxy) is 1. The Balaban J connectivity index is 1.36. The quantitative estimate of drug-likeness (QED) is 0.608. The maximum Gasteiger partial charge on any atom is 0.240 e. The minimum Gasteiger partial charge on any atom is -0.493 e. The van der Waals surface area contributed by atoms with Crippen molar-refractivity contribution in [1.82, 2.24) is 9.80 Å². The van der Waals surface area contributed by atoms with Gasteiger partial charge in [-0.3, -0.25) is 14.5 Å². The van der Waals surface area contributed by atoms with Crippen molar-refractivity contribution < 1.29 is 14.3 Å². The molecule has 0 saturated carbocycles. The molecule has 1 unspecified atom stereocenters. The van der Waals surface area contributed by atoms with Crippen molar-refractivity contribution in [2.24, 2.45) is 5.92 Å². The smallest absolute Gasteiger partial charge is 0.240 e. The molecule has 3 aliphatic heterocycles. The Bertz CT molecular complexity index is 762. The van der Waals surface area contributed by atoms with Gasteiger partial charge < -0.3 is 9.64 Å². The van der Waals surface area contributed by atoms with Gasteiger partial charge in [0.1, 0.15) is 12.3 Å². The summed E-state index contributed by atoms with van der Waals surface area (Å²) < 4.78 is 5.51. The van der Waals surface area contributed by atoms with Gasteiger partial charge in [-0.25, -0.2) is 0 Å². The molecule has 2 saturated heterocycles. The molecule has 0 N–H and O–H groups in total. The van der Waals surface area contributed by atoms with Crippen LogP contribution >= 0.6 is 0 Å².